The summed E-state index contributed by atoms with van der Waals surface area (Å²) in [5.74, 6) is -0.191. The maximum Gasteiger partial charge on any atom is 0.409 e. The molecule has 0 radical (unpaired) electrons. The Kier molecular flexibility index (Phi) is 4.09. The molecule has 138 valence electrons. The third kappa shape index (κ3) is 2.71. The van der Waals surface area contributed by atoms with Crippen molar-refractivity contribution in [2.75, 3.05) is 32.8 Å². The number of carbonyl (C=O) groups excluding carboxylic acids is 2. The van der Waals surface area contributed by atoms with Crippen molar-refractivity contribution in [2.24, 2.45) is 0 Å². The molecule has 0 unspecified atom stereocenters. The molecule has 1 aliphatic carbocycles. The number of halogens is 1. The molecule has 2 fully saturated rings. The highest BCUT2D eigenvalue weighted by molar-refractivity contribution is 5.97. The number of nitrogens with one attached hydrogen (secondary N) is 1. The molecule has 1 aromatic carbocycles. The summed E-state index contributed by atoms with van der Waals surface area (Å²) in [7, 11) is 0. The number of nitrogens with zero attached hydrogens (tertiary/aromatic N) is 2. The summed E-state index contributed by atoms with van der Waals surface area (Å²) in [5, 5.41) is 0.905. The van der Waals surface area contributed by atoms with Crippen LogP contribution >= 0.6 is 0 Å². The van der Waals surface area contributed by atoms with Crippen LogP contribution in [0.1, 0.15) is 25.3 Å². The first-order chi connectivity index (χ1) is 12.5. The standard InChI is InChI=1S/C19H22FN3O3/c1-2-26-18(25)23-9-7-22(8-10-23)17(24)19(5-6-19)15-12-21-16-11-13(20)3-4-14(15)16/h3-4,11-12,21H,2,5-10H2,1H3. The van der Waals surface area contributed by atoms with E-state index < -0.39 is 5.41 Å². The first-order valence-corrected chi connectivity index (χ1v) is 9.03. The summed E-state index contributed by atoms with van der Waals surface area (Å²) in [6, 6.07) is 4.62. The second-order valence-electron chi connectivity index (χ2n) is 6.95. The third-order valence-corrected chi connectivity index (χ3v) is 5.41. The zero-order valence-electron chi connectivity index (χ0n) is 14.8. The highest BCUT2D eigenvalue weighted by atomic mass is 19.1. The van der Waals surface area contributed by atoms with E-state index >= 15 is 0 Å². The lowest BCUT2D eigenvalue weighted by molar-refractivity contribution is -0.135. The molecule has 0 atom stereocenters. The Labute approximate surface area is 150 Å². The Balaban J connectivity index is 1.50. The number of benzene rings is 1. The summed E-state index contributed by atoms with van der Waals surface area (Å²) in [6.45, 7) is 4.12. The van der Waals surface area contributed by atoms with Gasteiger partial charge in [0, 0.05) is 43.3 Å². The Morgan fingerprint density at radius 3 is 2.54 bits per heavy atom. The van der Waals surface area contributed by atoms with Crippen LogP contribution in [0.3, 0.4) is 0 Å². The molecule has 2 aromatic rings. The van der Waals surface area contributed by atoms with Crippen molar-refractivity contribution in [2.45, 2.75) is 25.2 Å². The number of fused-ring (bicyclic) bond motifs is 1. The fraction of sp³-hybridized carbons (Fsp3) is 0.474. The zero-order valence-corrected chi connectivity index (χ0v) is 14.8. The largest absolute Gasteiger partial charge is 0.450 e. The molecule has 0 spiro atoms. The average Bonchev–Trinajstić information content (AvgIpc) is 3.35. The van der Waals surface area contributed by atoms with Gasteiger partial charge in [-0.25, -0.2) is 9.18 Å². The van der Waals surface area contributed by atoms with Gasteiger partial charge in [0.15, 0.2) is 0 Å². The van der Waals surface area contributed by atoms with E-state index in [4.69, 9.17) is 4.74 Å². The minimum atomic E-state index is -0.512. The van der Waals surface area contributed by atoms with Crippen LogP contribution in [0.15, 0.2) is 24.4 Å². The quantitative estimate of drug-likeness (QED) is 0.916. The molecule has 1 aromatic heterocycles. The number of hydrogen-bond donors (Lipinski definition) is 1. The first kappa shape index (κ1) is 16.9. The summed E-state index contributed by atoms with van der Waals surface area (Å²) in [4.78, 5) is 31.6. The number of rotatable bonds is 3. The minimum Gasteiger partial charge on any atom is -0.450 e. The first-order valence-electron chi connectivity index (χ1n) is 9.03. The lowest BCUT2D eigenvalue weighted by Crippen LogP contribution is -2.53. The lowest BCUT2D eigenvalue weighted by atomic mass is 9.93. The monoisotopic (exact) mass is 359 g/mol. The van der Waals surface area contributed by atoms with Crippen molar-refractivity contribution in [3.63, 3.8) is 0 Å². The summed E-state index contributed by atoms with van der Waals surface area (Å²) < 4.78 is 18.4. The fourth-order valence-electron chi connectivity index (χ4n) is 3.83. The zero-order chi connectivity index (χ0) is 18.3. The molecule has 26 heavy (non-hydrogen) atoms. The Bertz CT molecular complexity index is 851. The van der Waals surface area contributed by atoms with Crippen molar-refractivity contribution in [1.29, 1.82) is 0 Å². The van der Waals surface area contributed by atoms with Gasteiger partial charge in [-0.05, 0) is 43.5 Å². The van der Waals surface area contributed by atoms with Gasteiger partial charge in [0.05, 0.1) is 12.0 Å². The number of amides is 2. The van der Waals surface area contributed by atoms with Gasteiger partial charge in [0.25, 0.3) is 0 Å². The number of hydrogen-bond acceptors (Lipinski definition) is 3. The van der Waals surface area contributed by atoms with E-state index in [9.17, 15) is 14.0 Å². The van der Waals surface area contributed by atoms with Crippen LogP contribution in [0, 0.1) is 5.82 Å². The minimum absolute atomic E-state index is 0.103. The molecule has 2 amide bonds. The molecular weight excluding hydrogens is 337 g/mol. The molecule has 1 saturated heterocycles. The molecule has 0 bridgehead atoms. The van der Waals surface area contributed by atoms with Gasteiger partial charge < -0.3 is 19.5 Å². The number of aromatic nitrogens is 1. The van der Waals surface area contributed by atoms with Gasteiger partial charge in [-0.2, -0.15) is 0 Å². The van der Waals surface area contributed by atoms with Gasteiger partial charge >= 0.3 is 6.09 Å². The van der Waals surface area contributed by atoms with Crippen molar-refractivity contribution in [1.82, 2.24) is 14.8 Å². The average molecular weight is 359 g/mol. The molecule has 1 saturated carbocycles. The van der Waals surface area contributed by atoms with Crippen molar-refractivity contribution >= 4 is 22.9 Å². The van der Waals surface area contributed by atoms with Crippen molar-refractivity contribution < 1.29 is 18.7 Å². The molecule has 7 heteroatoms. The molecule has 2 heterocycles. The van der Waals surface area contributed by atoms with E-state index in [2.05, 4.69) is 4.98 Å². The van der Waals surface area contributed by atoms with Crippen molar-refractivity contribution in [3.05, 3.63) is 35.8 Å². The van der Waals surface area contributed by atoms with Gasteiger partial charge in [0.2, 0.25) is 5.91 Å². The van der Waals surface area contributed by atoms with E-state index in [1.165, 1.54) is 12.1 Å². The topological polar surface area (TPSA) is 65.6 Å². The number of aromatic amines is 1. The number of H-pyrrole nitrogens is 1. The number of piperazine rings is 1. The van der Waals surface area contributed by atoms with Gasteiger partial charge in [-0.15, -0.1) is 0 Å². The van der Waals surface area contributed by atoms with E-state index in [0.29, 0.717) is 38.3 Å². The highest BCUT2D eigenvalue weighted by Gasteiger charge is 2.54. The van der Waals surface area contributed by atoms with Gasteiger partial charge in [0.1, 0.15) is 5.82 Å². The Morgan fingerprint density at radius 1 is 1.19 bits per heavy atom. The van der Waals surface area contributed by atoms with E-state index in [-0.39, 0.29) is 17.8 Å². The predicted octanol–water partition coefficient (Wildman–Crippen LogP) is 2.64. The number of carbonyl (C=O) groups is 2. The van der Waals surface area contributed by atoms with Crippen molar-refractivity contribution in [3.8, 4) is 0 Å². The molecule has 1 aliphatic heterocycles. The highest BCUT2D eigenvalue weighted by Crippen LogP contribution is 2.51. The third-order valence-electron chi connectivity index (χ3n) is 5.41. The maximum atomic E-state index is 13.4. The smallest absolute Gasteiger partial charge is 0.409 e. The van der Waals surface area contributed by atoms with Crippen LogP contribution in [-0.4, -0.2) is 59.6 Å². The van der Waals surface area contributed by atoms with Crippen LogP contribution in [0.4, 0.5) is 9.18 Å². The van der Waals surface area contributed by atoms with Gasteiger partial charge in [-0.1, -0.05) is 0 Å². The predicted molar refractivity (Wildman–Crippen MR) is 94.3 cm³/mol. The molecular formula is C19H22FN3O3. The fourth-order valence-corrected chi connectivity index (χ4v) is 3.83. The summed E-state index contributed by atoms with van der Waals surface area (Å²) in [6.07, 6.45) is 3.12. The molecule has 2 aliphatic rings. The SMILES string of the molecule is CCOC(=O)N1CCN(C(=O)C2(c3c[nH]c4cc(F)ccc34)CC2)CC1. The van der Waals surface area contributed by atoms with Crippen LogP contribution in [0.5, 0.6) is 0 Å². The van der Waals surface area contributed by atoms with Crippen LogP contribution < -0.4 is 0 Å². The number of ether oxygens (including phenoxy) is 1. The van der Waals surface area contributed by atoms with E-state index in [1.54, 1.807) is 17.9 Å². The normalized spacial score (nSPS) is 18.8. The van der Waals surface area contributed by atoms with E-state index in [0.717, 1.165) is 23.8 Å². The lowest BCUT2D eigenvalue weighted by Gasteiger charge is -2.36. The molecule has 1 N–H and O–H groups in total. The van der Waals surface area contributed by atoms with Crippen LogP contribution in [0.2, 0.25) is 0 Å². The summed E-state index contributed by atoms with van der Waals surface area (Å²) >= 11 is 0. The molecule has 6 nitrogen and oxygen atoms in total. The second-order valence-corrected chi connectivity index (χ2v) is 6.95. The van der Waals surface area contributed by atoms with Gasteiger partial charge in [-0.3, -0.25) is 4.79 Å². The summed E-state index contributed by atoms with van der Waals surface area (Å²) in [5.41, 5.74) is 1.15. The van der Waals surface area contributed by atoms with Crippen LogP contribution in [-0.2, 0) is 14.9 Å². The Morgan fingerprint density at radius 2 is 1.88 bits per heavy atom. The van der Waals surface area contributed by atoms with E-state index in [1.807, 2.05) is 11.1 Å². The van der Waals surface area contributed by atoms with Crippen LogP contribution in [0.25, 0.3) is 10.9 Å². The second kappa shape index (κ2) is 6.30. The molecule has 4 rings (SSSR count). The Hall–Kier alpha value is -2.57. The maximum absolute atomic E-state index is 13.4.